The van der Waals surface area contributed by atoms with E-state index in [0.717, 1.165) is 0 Å². The molecule has 0 heterocycles. The minimum absolute atomic E-state index is 2.93. The predicted molar refractivity (Wildman–Crippen MR) is 31.2 cm³/mol. The molecule has 0 rings (SSSR count). The van der Waals surface area contributed by atoms with Crippen LogP contribution in [0.1, 0.15) is 0 Å². The summed E-state index contributed by atoms with van der Waals surface area (Å²) in [5, 5.41) is 0. The molecular weight excluding hydrogens is 218 g/mol. The number of hydrogen-bond acceptors (Lipinski definition) is 0. The molecule has 1 atom stereocenters. The molecule has 0 aromatic heterocycles. The molecule has 62 valence electrons. The molecule has 0 N–H and O–H groups in total. The summed E-state index contributed by atoms with van der Waals surface area (Å²) in [5.74, 6) is 0. The van der Waals surface area contributed by atoms with E-state index in [1.165, 1.54) is 0 Å². The highest BCUT2D eigenvalue weighted by atomic mass is 35.6. The lowest BCUT2D eigenvalue weighted by Gasteiger charge is -2.18. The topological polar surface area (TPSA) is 0 Å². The first-order chi connectivity index (χ1) is 4.15. The van der Waals surface area contributed by atoms with Crippen molar-refractivity contribution in [1.29, 1.82) is 0 Å². The molecule has 0 aromatic rings. The first-order valence-corrected chi connectivity index (χ1v) is 3.06. The number of rotatable bonds is 0. The lowest BCUT2D eigenvalue weighted by Crippen LogP contribution is -2.35. The van der Waals surface area contributed by atoms with Crippen LogP contribution in [-0.2, 0) is 0 Å². The molecule has 10 heavy (non-hydrogen) atoms. The van der Waals surface area contributed by atoms with Gasteiger partial charge in [0.25, 0.3) is 0 Å². The molecule has 0 fully saturated rings. The van der Waals surface area contributed by atoms with Gasteiger partial charge in [-0.15, -0.1) is 0 Å². The van der Waals surface area contributed by atoms with Gasteiger partial charge in [-0.05, 0) is 0 Å². The molecule has 1 unspecified atom stereocenters. The third-order valence-electron chi connectivity index (χ3n) is 0.575. The highest BCUT2D eigenvalue weighted by Gasteiger charge is 2.52. The monoisotopic (exact) mass is 218 g/mol. The van der Waals surface area contributed by atoms with Crippen molar-refractivity contribution in [3.05, 3.63) is 0 Å². The smallest absolute Gasteiger partial charge is 0.233 e. The molecule has 0 bridgehead atoms. The Bertz CT molecular complexity index is 99.9. The van der Waals surface area contributed by atoms with Crippen LogP contribution in [0.5, 0.6) is 0 Å². The molecule has 0 amide bonds. The summed E-state index contributed by atoms with van der Waals surface area (Å²) >= 11 is 13.8. The Kier molecular flexibility index (Phi) is 3.08. The highest BCUT2D eigenvalue weighted by molar-refractivity contribution is 6.68. The zero-order chi connectivity index (χ0) is 8.58. The SMILES string of the molecule is FC(C(F)(F)F)C(Cl)(Cl)Cl. The molecule has 0 aromatic carbocycles. The molecule has 0 nitrogen and oxygen atoms in total. The molecular formula is C3HCl3F4. The molecule has 7 heteroatoms. The van der Waals surface area contributed by atoms with Crippen molar-refractivity contribution in [2.24, 2.45) is 0 Å². The van der Waals surface area contributed by atoms with Crippen LogP contribution in [0.25, 0.3) is 0 Å². The lowest BCUT2D eigenvalue weighted by molar-refractivity contribution is -0.178. The number of hydrogen-bond donors (Lipinski definition) is 0. The quantitative estimate of drug-likeness (QED) is 0.433. The van der Waals surface area contributed by atoms with Gasteiger partial charge in [-0.25, -0.2) is 4.39 Å². The van der Waals surface area contributed by atoms with Crippen molar-refractivity contribution in [2.75, 3.05) is 0 Å². The van der Waals surface area contributed by atoms with E-state index in [2.05, 4.69) is 34.8 Å². The molecule has 0 aliphatic heterocycles. The van der Waals surface area contributed by atoms with Gasteiger partial charge >= 0.3 is 6.18 Å². The van der Waals surface area contributed by atoms with Crippen LogP contribution in [0.4, 0.5) is 17.6 Å². The van der Waals surface area contributed by atoms with E-state index in [9.17, 15) is 17.6 Å². The summed E-state index contributed by atoms with van der Waals surface area (Å²) in [6, 6.07) is 0. The van der Waals surface area contributed by atoms with Gasteiger partial charge in [0.1, 0.15) is 0 Å². The second-order valence-corrected chi connectivity index (χ2v) is 3.81. The van der Waals surface area contributed by atoms with Gasteiger partial charge < -0.3 is 0 Å². The second-order valence-electron chi connectivity index (χ2n) is 1.45. The van der Waals surface area contributed by atoms with E-state index < -0.39 is 16.1 Å². The van der Waals surface area contributed by atoms with Crippen molar-refractivity contribution in [3.8, 4) is 0 Å². The summed E-state index contributed by atoms with van der Waals surface area (Å²) < 4.78 is 42.9. The van der Waals surface area contributed by atoms with Gasteiger partial charge in [-0.2, -0.15) is 13.2 Å². The van der Waals surface area contributed by atoms with Gasteiger partial charge in [-0.3, -0.25) is 0 Å². The Labute approximate surface area is 69.0 Å². The Morgan fingerprint density at radius 3 is 1.30 bits per heavy atom. The first kappa shape index (κ1) is 10.6. The van der Waals surface area contributed by atoms with Gasteiger partial charge in [0.2, 0.25) is 9.96 Å². The first-order valence-electron chi connectivity index (χ1n) is 1.93. The summed E-state index contributed by atoms with van der Waals surface area (Å²) in [6.07, 6.45) is -8.56. The molecule has 0 aliphatic rings. The maximum atomic E-state index is 11.9. The number of halogens is 7. The number of alkyl halides is 7. The minimum Gasteiger partial charge on any atom is -0.233 e. The standard InChI is InChI=1S/C3HCl3F4/c4-2(5,6)1(7)3(8,9)10/h1H. The zero-order valence-corrected chi connectivity index (χ0v) is 6.49. The Balaban J connectivity index is 4.23. The summed E-state index contributed by atoms with van der Waals surface area (Å²) in [4.78, 5) is 0. The van der Waals surface area contributed by atoms with Crippen LogP contribution >= 0.6 is 34.8 Å². The van der Waals surface area contributed by atoms with E-state index in [-0.39, 0.29) is 0 Å². The van der Waals surface area contributed by atoms with Gasteiger partial charge in [0.05, 0.1) is 0 Å². The molecule has 0 radical (unpaired) electrons. The van der Waals surface area contributed by atoms with Crippen molar-refractivity contribution in [1.82, 2.24) is 0 Å². The van der Waals surface area contributed by atoms with Crippen molar-refractivity contribution in [2.45, 2.75) is 16.1 Å². The van der Waals surface area contributed by atoms with Crippen LogP contribution < -0.4 is 0 Å². The normalized spacial score (nSPS) is 17.1. The predicted octanol–water partition coefficient (Wildman–Crippen LogP) is 3.26. The molecule has 0 saturated heterocycles. The van der Waals surface area contributed by atoms with Crippen LogP contribution in [0.15, 0.2) is 0 Å². The van der Waals surface area contributed by atoms with E-state index >= 15 is 0 Å². The summed E-state index contributed by atoms with van der Waals surface area (Å²) in [6.45, 7) is 0. The van der Waals surface area contributed by atoms with Crippen LogP contribution in [0.3, 0.4) is 0 Å². The summed E-state index contributed by atoms with van der Waals surface area (Å²) in [5.41, 5.74) is 0. The zero-order valence-electron chi connectivity index (χ0n) is 4.22. The molecule has 0 spiro atoms. The van der Waals surface area contributed by atoms with Crippen LogP contribution in [0, 0.1) is 0 Å². The fraction of sp³-hybridized carbons (Fsp3) is 1.00. The fourth-order valence-corrected chi connectivity index (χ4v) is 0.557. The summed E-state index contributed by atoms with van der Waals surface area (Å²) in [7, 11) is 0. The van der Waals surface area contributed by atoms with Gasteiger partial charge in [0, 0.05) is 0 Å². The maximum Gasteiger partial charge on any atom is 0.423 e. The van der Waals surface area contributed by atoms with Crippen molar-refractivity contribution in [3.63, 3.8) is 0 Å². The Hall–Kier alpha value is 0.590. The third kappa shape index (κ3) is 3.12. The molecule has 0 aliphatic carbocycles. The Morgan fingerprint density at radius 1 is 1.00 bits per heavy atom. The largest absolute Gasteiger partial charge is 0.423 e. The van der Waals surface area contributed by atoms with Crippen molar-refractivity contribution >= 4 is 34.8 Å². The maximum absolute atomic E-state index is 11.9. The van der Waals surface area contributed by atoms with E-state index in [1.54, 1.807) is 0 Å². The lowest BCUT2D eigenvalue weighted by atomic mass is 10.4. The van der Waals surface area contributed by atoms with Crippen LogP contribution in [0.2, 0.25) is 0 Å². The third-order valence-corrected chi connectivity index (χ3v) is 1.15. The highest BCUT2D eigenvalue weighted by Crippen LogP contribution is 2.40. The molecule has 0 saturated carbocycles. The van der Waals surface area contributed by atoms with E-state index in [1.807, 2.05) is 0 Å². The average Bonchev–Trinajstić information content (AvgIpc) is 1.59. The Morgan fingerprint density at radius 2 is 1.30 bits per heavy atom. The van der Waals surface area contributed by atoms with Crippen molar-refractivity contribution < 1.29 is 17.6 Å². The van der Waals surface area contributed by atoms with Crippen LogP contribution in [-0.4, -0.2) is 16.1 Å². The van der Waals surface area contributed by atoms with E-state index in [4.69, 9.17) is 0 Å². The minimum atomic E-state index is -5.12. The van der Waals surface area contributed by atoms with Gasteiger partial charge in [-0.1, -0.05) is 34.8 Å². The van der Waals surface area contributed by atoms with E-state index in [0.29, 0.717) is 0 Å². The second kappa shape index (κ2) is 2.91. The van der Waals surface area contributed by atoms with Gasteiger partial charge in [0.15, 0.2) is 0 Å². The fourth-order valence-electron chi connectivity index (χ4n) is 0.186. The average molecular weight is 219 g/mol.